The van der Waals surface area contributed by atoms with E-state index in [4.69, 9.17) is 4.74 Å². The molecule has 0 radical (unpaired) electrons. The quantitative estimate of drug-likeness (QED) is 0.666. The van der Waals surface area contributed by atoms with Crippen LogP contribution in [0.3, 0.4) is 0 Å². The Morgan fingerprint density at radius 1 is 1.73 bits per heavy atom. The van der Waals surface area contributed by atoms with Gasteiger partial charge in [0, 0.05) is 19.6 Å². The smallest absolute Gasteiger partial charge is 0.127 e. The summed E-state index contributed by atoms with van der Waals surface area (Å²) < 4.78 is 17.9. The number of methoxy groups -OCH3 is 1. The first-order valence-electron chi connectivity index (χ1n) is 4.18. The Bertz CT molecular complexity index is 104. The first-order valence-corrected chi connectivity index (χ1v) is 4.18. The van der Waals surface area contributed by atoms with Gasteiger partial charge in [0.25, 0.3) is 0 Å². The van der Waals surface area contributed by atoms with E-state index in [-0.39, 0.29) is 12.5 Å². The van der Waals surface area contributed by atoms with Gasteiger partial charge in [-0.2, -0.15) is 0 Å². The predicted molar refractivity (Wildman–Crippen MR) is 42.4 cm³/mol. The van der Waals surface area contributed by atoms with E-state index in [1.165, 1.54) is 0 Å². The molecule has 0 amide bonds. The van der Waals surface area contributed by atoms with E-state index in [9.17, 15) is 4.39 Å². The van der Waals surface area contributed by atoms with Gasteiger partial charge in [0.15, 0.2) is 0 Å². The molecule has 0 aliphatic carbocycles. The van der Waals surface area contributed by atoms with Crippen molar-refractivity contribution in [2.24, 2.45) is 5.92 Å². The maximum Gasteiger partial charge on any atom is 0.127 e. The van der Waals surface area contributed by atoms with Gasteiger partial charge in [-0.15, -0.1) is 0 Å². The van der Waals surface area contributed by atoms with E-state index >= 15 is 0 Å². The molecule has 66 valence electrons. The number of hydrogen-bond acceptors (Lipinski definition) is 2. The molecule has 2 unspecified atom stereocenters. The third-order valence-corrected chi connectivity index (χ3v) is 2.17. The van der Waals surface area contributed by atoms with Gasteiger partial charge in [0.05, 0.1) is 6.61 Å². The third-order valence-electron chi connectivity index (χ3n) is 2.17. The van der Waals surface area contributed by atoms with Crippen LogP contribution in [0.25, 0.3) is 0 Å². The van der Waals surface area contributed by atoms with E-state index in [0.29, 0.717) is 0 Å². The molecule has 1 saturated heterocycles. The fourth-order valence-electron chi connectivity index (χ4n) is 1.48. The second-order valence-electron chi connectivity index (χ2n) is 3.08. The predicted octanol–water partition coefficient (Wildman–Crippen LogP) is 0.971. The van der Waals surface area contributed by atoms with E-state index in [2.05, 4.69) is 5.32 Å². The average Bonchev–Trinajstić information content (AvgIpc) is 2.07. The van der Waals surface area contributed by atoms with E-state index in [1.807, 2.05) is 0 Å². The van der Waals surface area contributed by atoms with Crippen LogP contribution >= 0.6 is 0 Å². The molecule has 0 saturated carbocycles. The fraction of sp³-hybridized carbons (Fsp3) is 1.00. The van der Waals surface area contributed by atoms with Gasteiger partial charge in [-0.1, -0.05) is 0 Å². The summed E-state index contributed by atoms with van der Waals surface area (Å²) in [5.74, 6) is 0.170. The molecule has 0 aromatic rings. The fourth-order valence-corrected chi connectivity index (χ4v) is 1.48. The number of hydrogen-bond donors (Lipinski definition) is 1. The molecule has 0 bridgehead atoms. The standard InChI is InChI=1S/C8H16FNO/c1-11-6-8(9)7-3-2-4-10-5-7/h7-8,10H,2-6H2,1H3. The number of ether oxygens (including phenoxy) is 1. The van der Waals surface area contributed by atoms with Crippen molar-refractivity contribution < 1.29 is 9.13 Å². The molecule has 2 atom stereocenters. The zero-order valence-electron chi connectivity index (χ0n) is 6.98. The summed E-state index contributed by atoms with van der Waals surface area (Å²) in [7, 11) is 1.54. The Kier molecular flexibility index (Phi) is 3.80. The van der Waals surface area contributed by atoms with Crippen molar-refractivity contribution in [1.82, 2.24) is 5.32 Å². The molecule has 0 aromatic carbocycles. The van der Waals surface area contributed by atoms with Gasteiger partial charge in [-0.25, -0.2) is 4.39 Å². The van der Waals surface area contributed by atoms with Crippen molar-refractivity contribution in [3.63, 3.8) is 0 Å². The number of rotatable bonds is 3. The van der Waals surface area contributed by atoms with Crippen molar-refractivity contribution in [1.29, 1.82) is 0 Å². The Morgan fingerprint density at radius 3 is 3.09 bits per heavy atom. The van der Waals surface area contributed by atoms with E-state index in [1.54, 1.807) is 7.11 Å². The maximum absolute atomic E-state index is 13.1. The van der Waals surface area contributed by atoms with Gasteiger partial charge in [0.1, 0.15) is 6.17 Å². The van der Waals surface area contributed by atoms with Crippen LogP contribution in [-0.4, -0.2) is 33.0 Å². The van der Waals surface area contributed by atoms with Gasteiger partial charge in [-0.3, -0.25) is 0 Å². The first-order chi connectivity index (χ1) is 5.34. The molecule has 1 aliphatic heterocycles. The van der Waals surface area contributed by atoms with E-state index < -0.39 is 6.17 Å². The number of piperidine rings is 1. The second kappa shape index (κ2) is 4.67. The van der Waals surface area contributed by atoms with Gasteiger partial charge in [-0.05, 0) is 19.4 Å². The maximum atomic E-state index is 13.1. The lowest BCUT2D eigenvalue weighted by Gasteiger charge is -2.25. The summed E-state index contributed by atoms with van der Waals surface area (Å²) in [4.78, 5) is 0. The molecule has 1 N–H and O–H groups in total. The highest BCUT2D eigenvalue weighted by Gasteiger charge is 2.22. The summed E-state index contributed by atoms with van der Waals surface area (Å²) in [6.45, 7) is 2.09. The monoisotopic (exact) mass is 161 g/mol. The Morgan fingerprint density at radius 2 is 2.55 bits per heavy atom. The number of halogens is 1. The van der Waals surface area contributed by atoms with Crippen molar-refractivity contribution in [2.45, 2.75) is 19.0 Å². The lowest BCUT2D eigenvalue weighted by molar-refractivity contribution is 0.0781. The van der Waals surface area contributed by atoms with Gasteiger partial charge < -0.3 is 10.1 Å². The summed E-state index contributed by atoms with van der Waals surface area (Å²) in [5.41, 5.74) is 0. The number of nitrogens with one attached hydrogen (secondary N) is 1. The minimum Gasteiger partial charge on any atom is -0.382 e. The third kappa shape index (κ3) is 2.75. The topological polar surface area (TPSA) is 21.3 Å². The van der Waals surface area contributed by atoms with Crippen molar-refractivity contribution >= 4 is 0 Å². The normalized spacial score (nSPS) is 28.4. The Balaban J connectivity index is 2.21. The summed E-state index contributed by atoms with van der Waals surface area (Å²) in [6.07, 6.45) is 1.31. The average molecular weight is 161 g/mol. The summed E-state index contributed by atoms with van der Waals surface area (Å²) in [5, 5.41) is 3.18. The van der Waals surface area contributed by atoms with Crippen LogP contribution < -0.4 is 5.32 Å². The van der Waals surface area contributed by atoms with Crippen LogP contribution in [-0.2, 0) is 4.74 Å². The minimum absolute atomic E-state index is 0.170. The zero-order chi connectivity index (χ0) is 8.10. The van der Waals surface area contributed by atoms with Crippen molar-refractivity contribution in [2.75, 3.05) is 26.8 Å². The van der Waals surface area contributed by atoms with Crippen LogP contribution in [0.15, 0.2) is 0 Å². The second-order valence-corrected chi connectivity index (χ2v) is 3.08. The molecule has 2 nitrogen and oxygen atoms in total. The highest BCUT2D eigenvalue weighted by atomic mass is 19.1. The summed E-state index contributed by atoms with van der Waals surface area (Å²) >= 11 is 0. The molecule has 11 heavy (non-hydrogen) atoms. The Labute approximate surface area is 67.1 Å². The lowest BCUT2D eigenvalue weighted by atomic mass is 9.95. The first kappa shape index (κ1) is 8.94. The molecule has 0 aromatic heterocycles. The Hall–Kier alpha value is -0.150. The van der Waals surface area contributed by atoms with Gasteiger partial charge in [0.2, 0.25) is 0 Å². The molecular weight excluding hydrogens is 145 g/mol. The van der Waals surface area contributed by atoms with Crippen LogP contribution in [0, 0.1) is 5.92 Å². The van der Waals surface area contributed by atoms with Gasteiger partial charge >= 0.3 is 0 Å². The van der Waals surface area contributed by atoms with Crippen LogP contribution in [0.4, 0.5) is 4.39 Å². The van der Waals surface area contributed by atoms with Crippen LogP contribution in [0.5, 0.6) is 0 Å². The van der Waals surface area contributed by atoms with Crippen molar-refractivity contribution in [3.05, 3.63) is 0 Å². The SMILES string of the molecule is COCC(F)C1CCCNC1. The molecular formula is C8H16FNO. The molecule has 1 rings (SSSR count). The summed E-state index contributed by atoms with van der Waals surface area (Å²) in [6, 6.07) is 0. The molecule has 1 fully saturated rings. The largest absolute Gasteiger partial charge is 0.382 e. The number of alkyl halides is 1. The van der Waals surface area contributed by atoms with E-state index in [0.717, 1.165) is 25.9 Å². The highest BCUT2D eigenvalue weighted by Crippen LogP contribution is 2.16. The molecule has 1 heterocycles. The van der Waals surface area contributed by atoms with Crippen LogP contribution in [0.1, 0.15) is 12.8 Å². The molecule has 0 spiro atoms. The van der Waals surface area contributed by atoms with Crippen LogP contribution in [0.2, 0.25) is 0 Å². The molecule has 1 aliphatic rings. The lowest BCUT2D eigenvalue weighted by Crippen LogP contribution is -2.36. The highest BCUT2D eigenvalue weighted by molar-refractivity contribution is 4.75. The molecule has 3 heteroatoms. The van der Waals surface area contributed by atoms with Crippen molar-refractivity contribution in [3.8, 4) is 0 Å². The minimum atomic E-state index is -0.784. The zero-order valence-corrected chi connectivity index (χ0v) is 6.98.